The Morgan fingerprint density at radius 3 is 2.48 bits per heavy atom. The van der Waals surface area contributed by atoms with Crippen molar-refractivity contribution in [3.05, 3.63) is 65.0 Å². The van der Waals surface area contributed by atoms with Gasteiger partial charge in [-0.05, 0) is 50.1 Å². The Labute approximate surface area is 178 Å². The van der Waals surface area contributed by atoms with Crippen LogP contribution in [0.2, 0.25) is 0 Å². The molecule has 1 aromatic heterocycles. The fraction of sp³-hybridized carbons (Fsp3) is 0.273. The molecule has 3 heterocycles. The van der Waals surface area contributed by atoms with Crippen molar-refractivity contribution in [1.82, 2.24) is 15.1 Å². The van der Waals surface area contributed by atoms with Crippen LogP contribution in [-0.4, -0.2) is 39.0 Å². The number of benzene rings is 2. The van der Waals surface area contributed by atoms with Crippen LogP contribution < -0.4 is 4.90 Å². The number of rotatable bonds is 4. The summed E-state index contributed by atoms with van der Waals surface area (Å²) in [6.07, 6.45) is 0. The summed E-state index contributed by atoms with van der Waals surface area (Å²) in [6.45, 7) is 6.09. The van der Waals surface area contributed by atoms with Gasteiger partial charge in [-0.25, -0.2) is 4.90 Å². The molecule has 0 bridgehead atoms. The Morgan fingerprint density at radius 2 is 1.74 bits per heavy atom. The van der Waals surface area contributed by atoms with E-state index in [1.807, 2.05) is 51.1 Å². The van der Waals surface area contributed by atoms with Crippen molar-refractivity contribution in [2.45, 2.75) is 39.4 Å². The van der Waals surface area contributed by atoms with E-state index in [1.54, 1.807) is 12.1 Å². The number of carbonyl (C=O) groups is 2. The zero-order valence-corrected chi connectivity index (χ0v) is 17.3. The third-order valence-corrected chi connectivity index (χ3v) is 5.68. The Morgan fingerprint density at radius 1 is 0.968 bits per heavy atom. The zero-order valence-electron chi connectivity index (χ0n) is 17.3. The fourth-order valence-electron chi connectivity index (χ4n) is 3.76. The monoisotopic (exact) mass is 416 g/mol. The lowest BCUT2D eigenvalue weighted by Crippen LogP contribution is -2.39. The lowest BCUT2D eigenvalue weighted by molar-refractivity contribution is -0.123. The molecule has 9 heteroatoms. The number of hydrogen-bond donors (Lipinski definition) is 0. The summed E-state index contributed by atoms with van der Waals surface area (Å²) in [4.78, 5) is 31.5. The molecule has 2 aliphatic heterocycles. The van der Waals surface area contributed by atoms with E-state index >= 15 is 0 Å². The second kappa shape index (κ2) is 7.12. The van der Waals surface area contributed by atoms with E-state index < -0.39 is 12.1 Å². The van der Waals surface area contributed by atoms with E-state index in [2.05, 4.69) is 20.5 Å². The molecule has 0 unspecified atom stereocenters. The van der Waals surface area contributed by atoms with Gasteiger partial charge in [-0.15, -0.1) is 0 Å². The highest BCUT2D eigenvalue weighted by Crippen LogP contribution is 2.33. The molecule has 0 spiro atoms. The van der Waals surface area contributed by atoms with E-state index in [9.17, 15) is 9.59 Å². The molecular formula is C22H20N6O3. The van der Waals surface area contributed by atoms with Gasteiger partial charge in [-0.1, -0.05) is 40.2 Å². The second-order valence-corrected chi connectivity index (χ2v) is 7.85. The Hall–Kier alpha value is -3.88. The molecule has 156 valence electrons. The summed E-state index contributed by atoms with van der Waals surface area (Å²) < 4.78 is 5.37. The summed E-state index contributed by atoms with van der Waals surface area (Å²) in [7, 11) is 0. The summed E-state index contributed by atoms with van der Waals surface area (Å²) >= 11 is 0. The fourth-order valence-corrected chi connectivity index (χ4v) is 3.76. The van der Waals surface area contributed by atoms with Crippen LogP contribution in [0.4, 0.5) is 5.69 Å². The average molecular weight is 416 g/mol. The number of anilines is 1. The number of imide groups is 1. The maximum atomic E-state index is 13.1. The zero-order chi connectivity index (χ0) is 21.7. The van der Waals surface area contributed by atoms with Gasteiger partial charge in [0, 0.05) is 5.56 Å². The van der Waals surface area contributed by atoms with Gasteiger partial charge in [-0.3, -0.25) is 14.6 Å². The molecule has 9 nitrogen and oxygen atoms in total. The van der Waals surface area contributed by atoms with Crippen molar-refractivity contribution >= 4 is 17.5 Å². The minimum Gasteiger partial charge on any atom is -0.337 e. The summed E-state index contributed by atoms with van der Waals surface area (Å²) in [5.41, 5.74) is 4.72. The first kappa shape index (κ1) is 19.1. The first-order valence-electron chi connectivity index (χ1n) is 9.94. The Balaban J connectivity index is 1.36. The van der Waals surface area contributed by atoms with Crippen molar-refractivity contribution in [3.63, 3.8) is 0 Å². The van der Waals surface area contributed by atoms with Crippen LogP contribution in [-0.2, 0) is 16.1 Å². The normalized spacial score (nSPS) is 20.1. The first-order chi connectivity index (χ1) is 14.9. The number of carbonyl (C=O) groups excluding carboxylic acids is 2. The summed E-state index contributed by atoms with van der Waals surface area (Å²) in [6, 6.07) is 11.5. The second-order valence-electron chi connectivity index (χ2n) is 7.85. The van der Waals surface area contributed by atoms with Gasteiger partial charge < -0.3 is 4.52 Å². The van der Waals surface area contributed by atoms with Crippen molar-refractivity contribution < 1.29 is 14.1 Å². The van der Waals surface area contributed by atoms with Crippen LogP contribution >= 0.6 is 0 Å². The quantitative estimate of drug-likeness (QED) is 0.605. The highest BCUT2D eigenvalue weighted by molar-refractivity contribution is 6.25. The molecule has 2 aliphatic rings. The molecular weight excluding hydrogens is 396 g/mol. The largest absolute Gasteiger partial charge is 0.337 e. The van der Waals surface area contributed by atoms with Crippen molar-refractivity contribution in [3.8, 4) is 11.4 Å². The average Bonchev–Trinajstić information content (AvgIpc) is 3.44. The van der Waals surface area contributed by atoms with Crippen molar-refractivity contribution in [1.29, 1.82) is 0 Å². The standard InChI is InChI=1S/C22H20N6O3/c1-12-4-8-16(9-5-12)28-21(29)18-19(22(28)30)27(26-24-18)11-17-23-20(25-31-17)15-7-6-13(2)14(3)10-15/h4-10,18-19H,11H2,1-3H3/t18-,19+/m1/s1. The molecule has 1 fully saturated rings. The number of nitrogens with zero attached hydrogens (tertiary/aromatic N) is 6. The summed E-state index contributed by atoms with van der Waals surface area (Å²) in [5.74, 6) is 0.00644. The van der Waals surface area contributed by atoms with Gasteiger partial charge in [0.25, 0.3) is 11.8 Å². The van der Waals surface area contributed by atoms with Crippen LogP contribution in [0.5, 0.6) is 0 Å². The number of aromatic nitrogens is 2. The molecule has 2 atom stereocenters. The number of hydrogen-bond acceptors (Lipinski definition) is 8. The maximum Gasteiger partial charge on any atom is 0.263 e. The van der Waals surface area contributed by atoms with Crippen molar-refractivity contribution in [2.24, 2.45) is 10.3 Å². The summed E-state index contributed by atoms with van der Waals surface area (Å²) in [5, 5.41) is 13.5. The molecule has 3 aromatic rings. The van der Waals surface area contributed by atoms with Gasteiger partial charge in [0.1, 0.15) is 6.54 Å². The van der Waals surface area contributed by atoms with E-state index in [1.165, 1.54) is 15.5 Å². The highest BCUT2D eigenvalue weighted by Gasteiger charge is 2.55. The molecule has 31 heavy (non-hydrogen) atoms. The first-order valence-corrected chi connectivity index (χ1v) is 9.94. The van der Waals surface area contributed by atoms with Crippen LogP contribution in [0, 0.1) is 20.8 Å². The van der Waals surface area contributed by atoms with Gasteiger partial charge in [0.2, 0.25) is 11.7 Å². The number of fused-ring (bicyclic) bond motifs is 1. The Bertz CT molecular complexity index is 1220. The molecule has 0 saturated carbocycles. The van der Waals surface area contributed by atoms with Crippen LogP contribution in [0.1, 0.15) is 22.6 Å². The SMILES string of the molecule is Cc1ccc(N2C(=O)[C@@H]3[C@@H](N=NN3Cc3nc(-c4ccc(C)c(C)c4)no3)C2=O)cc1. The van der Waals surface area contributed by atoms with E-state index in [0.29, 0.717) is 17.4 Å². The van der Waals surface area contributed by atoms with E-state index in [0.717, 1.165) is 16.7 Å². The maximum absolute atomic E-state index is 13.1. The van der Waals surface area contributed by atoms with Crippen LogP contribution in [0.25, 0.3) is 11.4 Å². The number of amides is 2. The molecule has 0 aliphatic carbocycles. The van der Waals surface area contributed by atoms with Crippen LogP contribution in [0.3, 0.4) is 0 Å². The van der Waals surface area contributed by atoms with Crippen LogP contribution in [0.15, 0.2) is 57.3 Å². The van der Waals surface area contributed by atoms with E-state index in [4.69, 9.17) is 4.52 Å². The molecule has 0 N–H and O–H groups in total. The topological polar surface area (TPSA) is 104 Å². The molecule has 1 saturated heterocycles. The Kier molecular flexibility index (Phi) is 4.39. The van der Waals surface area contributed by atoms with Crippen molar-refractivity contribution in [2.75, 3.05) is 4.90 Å². The van der Waals surface area contributed by atoms with Gasteiger partial charge in [0.05, 0.1) is 5.69 Å². The number of aryl methyl sites for hydroxylation is 3. The molecule has 5 rings (SSSR count). The highest BCUT2D eigenvalue weighted by atomic mass is 16.5. The third kappa shape index (κ3) is 3.18. The molecule has 2 aromatic carbocycles. The lowest BCUT2D eigenvalue weighted by atomic mass is 10.1. The van der Waals surface area contributed by atoms with Gasteiger partial charge in [0.15, 0.2) is 12.1 Å². The minimum atomic E-state index is -0.865. The molecule has 2 amide bonds. The lowest BCUT2D eigenvalue weighted by Gasteiger charge is -2.19. The predicted octanol–water partition coefficient (Wildman–Crippen LogP) is 3.16. The molecule has 0 radical (unpaired) electrons. The van der Waals surface area contributed by atoms with Gasteiger partial charge >= 0.3 is 0 Å². The predicted molar refractivity (Wildman–Crippen MR) is 111 cm³/mol. The minimum absolute atomic E-state index is 0.0866. The van der Waals surface area contributed by atoms with E-state index in [-0.39, 0.29) is 18.4 Å². The van der Waals surface area contributed by atoms with Gasteiger partial charge in [-0.2, -0.15) is 10.1 Å². The third-order valence-electron chi connectivity index (χ3n) is 5.68. The smallest absolute Gasteiger partial charge is 0.263 e.